The van der Waals surface area contributed by atoms with Crippen LogP contribution in [0.4, 0.5) is 4.39 Å². The van der Waals surface area contributed by atoms with Crippen LogP contribution in [0, 0.1) is 11.7 Å². The Labute approximate surface area is 185 Å². The molecule has 0 bridgehead atoms. The minimum atomic E-state index is -0.257. The number of amides is 2. The summed E-state index contributed by atoms with van der Waals surface area (Å²) in [7, 11) is 0. The minimum Gasteiger partial charge on any atom is -0.356 e. The van der Waals surface area contributed by atoms with Gasteiger partial charge in [-0.05, 0) is 54.7 Å². The number of likely N-dealkylation sites (tertiary alicyclic amines) is 1. The Morgan fingerprint density at radius 2 is 1.83 bits per heavy atom. The first kappa shape index (κ1) is 22.3. The van der Waals surface area contributed by atoms with Crippen molar-refractivity contribution in [3.8, 4) is 0 Å². The number of benzene rings is 2. The minimum absolute atomic E-state index is 0.0372. The van der Waals surface area contributed by atoms with Crippen LogP contribution in [0.25, 0.3) is 6.08 Å². The van der Waals surface area contributed by atoms with E-state index >= 15 is 0 Å². The topological polar surface area (TPSA) is 49.4 Å². The van der Waals surface area contributed by atoms with Crippen LogP contribution < -0.4 is 5.32 Å². The average molecular weight is 449 g/mol. The number of hydrogen-bond donors (Lipinski definition) is 1. The molecule has 0 atom stereocenters. The first-order valence-corrected chi connectivity index (χ1v) is 10.6. The lowest BCUT2D eigenvalue weighted by atomic mass is 9.95. The lowest BCUT2D eigenvalue weighted by Gasteiger charge is -2.30. The Bertz CT molecular complexity index is 941. The van der Waals surface area contributed by atoms with Crippen molar-refractivity contribution in [2.24, 2.45) is 5.92 Å². The van der Waals surface area contributed by atoms with E-state index in [-0.39, 0.29) is 23.5 Å². The van der Waals surface area contributed by atoms with Crippen molar-refractivity contribution in [2.45, 2.75) is 19.3 Å². The lowest BCUT2D eigenvalue weighted by molar-refractivity contribution is -0.132. The van der Waals surface area contributed by atoms with Gasteiger partial charge in [-0.1, -0.05) is 47.5 Å². The summed E-state index contributed by atoms with van der Waals surface area (Å²) in [5, 5.41) is 3.79. The molecule has 4 nitrogen and oxygen atoms in total. The molecule has 1 aliphatic rings. The van der Waals surface area contributed by atoms with Gasteiger partial charge in [-0.25, -0.2) is 4.39 Å². The van der Waals surface area contributed by atoms with Crippen molar-refractivity contribution in [1.29, 1.82) is 0 Å². The van der Waals surface area contributed by atoms with E-state index in [1.165, 1.54) is 12.1 Å². The van der Waals surface area contributed by atoms with Crippen molar-refractivity contribution in [3.05, 3.63) is 75.5 Å². The van der Waals surface area contributed by atoms with E-state index in [0.29, 0.717) is 54.5 Å². The molecule has 2 aromatic rings. The van der Waals surface area contributed by atoms with E-state index in [9.17, 15) is 14.0 Å². The molecule has 1 fully saturated rings. The molecule has 2 aromatic carbocycles. The summed E-state index contributed by atoms with van der Waals surface area (Å²) in [6.45, 7) is 1.44. The summed E-state index contributed by atoms with van der Waals surface area (Å²) in [5.74, 6) is -0.523. The Kier molecular flexibility index (Phi) is 7.88. The third-order valence-corrected chi connectivity index (χ3v) is 5.93. The second kappa shape index (κ2) is 10.6. The molecule has 2 amide bonds. The summed E-state index contributed by atoms with van der Waals surface area (Å²) in [4.78, 5) is 26.5. The van der Waals surface area contributed by atoms with Crippen LogP contribution >= 0.6 is 23.2 Å². The molecule has 0 unspecified atom stereocenters. The zero-order chi connectivity index (χ0) is 21.5. The maximum absolute atomic E-state index is 13.6. The van der Waals surface area contributed by atoms with Crippen LogP contribution in [0.15, 0.2) is 48.5 Å². The maximum atomic E-state index is 13.6. The van der Waals surface area contributed by atoms with E-state index in [1.807, 2.05) is 0 Å². The number of hydrogen-bond acceptors (Lipinski definition) is 2. The third-order valence-electron chi connectivity index (χ3n) is 5.19. The summed E-state index contributed by atoms with van der Waals surface area (Å²) < 4.78 is 13.6. The fourth-order valence-corrected chi connectivity index (χ4v) is 3.72. The molecular weight excluding hydrogens is 426 g/mol. The lowest BCUT2D eigenvalue weighted by Crippen LogP contribution is -2.42. The zero-order valence-corrected chi connectivity index (χ0v) is 17.9. The fourth-order valence-electron chi connectivity index (χ4n) is 3.42. The molecule has 1 N–H and O–H groups in total. The van der Waals surface area contributed by atoms with Crippen LogP contribution in [0.2, 0.25) is 10.0 Å². The third kappa shape index (κ3) is 6.07. The van der Waals surface area contributed by atoms with E-state index < -0.39 is 0 Å². The Hall–Kier alpha value is -2.37. The standard InChI is InChI=1S/C23H23Cl2FN2O2/c24-19-7-5-16(15-20(19)25)6-8-22(29)28-13-10-18(11-14-28)23(30)27-12-9-17-3-1-2-4-21(17)26/h1-8,15,18H,9-14H2,(H,27,30)/b8-6+. The molecule has 1 saturated heterocycles. The Balaban J connectivity index is 1.42. The van der Waals surface area contributed by atoms with Gasteiger partial charge in [0.15, 0.2) is 0 Å². The molecule has 1 heterocycles. The summed E-state index contributed by atoms with van der Waals surface area (Å²) in [6.07, 6.45) is 4.88. The number of piperidine rings is 1. The van der Waals surface area contributed by atoms with Gasteiger partial charge in [0.25, 0.3) is 0 Å². The average Bonchev–Trinajstić information content (AvgIpc) is 2.75. The van der Waals surface area contributed by atoms with E-state index in [4.69, 9.17) is 23.2 Å². The molecule has 0 radical (unpaired) electrons. The molecule has 1 aliphatic heterocycles. The van der Waals surface area contributed by atoms with Gasteiger partial charge in [0.2, 0.25) is 11.8 Å². The van der Waals surface area contributed by atoms with Crippen molar-refractivity contribution in [3.63, 3.8) is 0 Å². The van der Waals surface area contributed by atoms with Crippen LogP contribution in [0.1, 0.15) is 24.0 Å². The normalized spacial score (nSPS) is 14.8. The molecule has 30 heavy (non-hydrogen) atoms. The van der Waals surface area contributed by atoms with Crippen molar-refractivity contribution < 1.29 is 14.0 Å². The smallest absolute Gasteiger partial charge is 0.246 e. The highest BCUT2D eigenvalue weighted by atomic mass is 35.5. The largest absolute Gasteiger partial charge is 0.356 e. The summed E-state index contributed by atoms with van der Waals surface area (Å²) in [5.41, 5.74) is 1.38. The molecule has 0 aromatic heterocycles. The molecule has 7 heteroatoms. The first-order chi connectivity index (χ1) is 14.4. The quantitative estimate of drug-likeness (QED) is 0.648. The monoisotopic (exact) mass is 448 g/mol. The van der Waals surface area contributed by atoms with Gasteiger partial charge in [-0.3, -0.25) is 9.59 Å². The Morgan fingerprint density at radius 3 is 2.53 bits per heavy atom. The highest BCUT2D eigenvalue weighted by Gasteiger charge is 2.26. The van der Waals surface area contributed by atoms with Crippen LogP contribution in [-0.4, -0.2) is 36.3 Å². The van der Waals surface area contributed by atoms with Gasteiger partial charge < -0.3 is 10.2 Å². The van der Waals surface area contributed by atoms with E-state index in [0.717, 1.165) is 5.56 Å². The Morgan fingerprint density at radius 1 is 1.10 bits per heavy atom. The molecule has 158 valence electrons. The van der Waals surface area contributed by atoms with Gasteiger partial charge in [0, 0.05) is 31.6 Å². The van der Waals surface area contributed by atoms with E-state index in [1.54, 1.807) is 47.4 Å². The second-order valence-corrected chi connectivity index (χ2v) is 8.05. The van der Waals surface area contributed by atoms with Gasteiger partial charge in [0.05, 0.1) is 10.0 Å². The highest BCUT2D eigenvalue weighted by Crippen LogP contribution is 2.23. The SMILES string of the molecule is O=C(NCCc1ccccc1F)C1CCN(C(=O)/C=C/c2ccc(Cl)c(Cl)c2)CC1. The number of carbonyl (C=O) groups excluding carboxylic acids is 2. The molecule has 3 rings (SSSR count). The van der Waals surface area contributed by atoms with Crippen LogP contribution in [0.3, 0.4) is 0 Å². The zero-order valence-electron chi connectivity index (χ0n) is 16.4. The molecule has 0 aliphatic carbocycles. The van der Waals surface area contributed by atoms with Crippen LogP contribution in [-0.2, 0) is 16.0 Å². The number of halogens is 3. The summed E-state index contributed by atoms with van der Waals surface area (Å²) >= 11 is 11.9. The highest BCUT2D eigenvalue weighted by molar-refractivity contribution is 6.42. The van der Waals surface area contributed by atoms with Crippen molar-refractivity contribution >= 4 is 41.1 Å². The molecule has 0 spiro atoms. The molecular formula is C23H23Cl2FN2O2. The van der Waals surface area contributed by atoms with Crippen molar-refractivity contribution in [1.82, 2.24) is 10.2 Å². The van der Waals surface area contributed by atoms with Gasteiger partial charge in [0.1, 0.15) is 5.82 Å². The second-order valence-electron chi connectivity index (χ2n) is 7.24. The number of nitrogens with one attached hydrogen (secondary N) is 1. The van der Waals surface area contributed by atoms with Crippen LogP contribution in [0.5, 0.6) is 0 Å². The molecule has 0 saturated carbocycles. The number of rotatable bonds is 6. The van der Waals surface area contributed by atoms with Gasteiger partial charge >= 0.3 is 0 Å². The predicted octanol–water partition coefficient (Wildman–Crippen LogP) is 4.74. The predicted molar refractivity (Wildman–Crippen MR) is 118 cm³/mol. The van der Waals surface area contributed by atoms with Gasteiger partial charge in [-0.2, -0.15) is 0 Å². The van der Waals surface area contributed by atoms with Gasteiger partial charge in [-0.15, -0.1) is 0 Å². The number of carbonyl (C=O) groups is 2. The fraction of sp³-hybridized carbons (Fsp3) is 0.304. The number of nitrogens with zero attached hydrogens (tertiary/aromatic N) is 1. The maximum Gasteiger partial charge on any atom is 0.246 e. The van der Waals surface area contributed by atoms with E-state index in [2.05, 4.69) is 5.32 Å². The summed E-state index contributed by atoms with van der Waals surface area (Å²) in [6, 6.07) is 11.7. The van der Waals surface area contributed by atoms with Crippen molar-refractivity contribution in [2.75, 3.05) is 19.6 Å². The first-order valence-electron chi connectivity index (χ1n) is 9.87.